The van der Waals surface area contributed by atoms with Crippen molar-refractivity contribution in [1.82, 2.24) is 5.32 Å². The largest absolute Gasteiger partial charge is 0.496 e. The SMILES string of the molecule is COc1ccccc1CCC(=O)NC(CCO)C(=O)O. The molecule has 0 saturated heterocycles. The molecule has 20 heavy (non-hydrogen) atoms. The van der Waals surface area contributed by atoms with Crippen molar-refractivity contribution in [2.45, 2.75) is 25.3 Å². The molecule has 0 bridgehead atoms. The molecule has 6 heteroatoms. The van der Waals surface area contributed by atoms with E-state index in [0.29, 0.717) is 12.2 Å². The van der Waals surface area contributed by atoms with Crippen LogP contribution in [0.3, 0.4) is 0 Å². The summed E-state index contributed by atoms with van der Waals surface area (Å²) in [6, 6.07) is 6.30. The molecule has 0 aliphatic carbocycles. The molecule has 1 unspecified atom stereocenters. The standard InChI is InChI=1S/C14H19NO5/c1-20-12-5-3-2-4-10(12)6-7-13(17)15-11(8-9-16)14(18)19/h2-5,11,16H,6-9H2,1H3,(H,15,17)(H,18,19). The van der Waals surface area contributed by atoms with E-state index in [-0.39, 0.29) is 25.4 Å². The highest BCUT2D eigenvalue weighted by atomic mass is 16.5. The second-order valence-corrected chi connectivity index (χ2v) is 4.28. The molecule has 1 atom stereocenters. The van der Waals surface area contributed by atoms with Crippen molar-refractivity contribution in [2.24, 2.45) is 0 Å². The third-order valence-electron chi connectivity index (χ3n) is 2.87. The van der Waals surface area contributed by atoms with Crippen molar-refractivity contribution in [3.63, 3.8) is 0 Å². The molecular formula is C14H19NO5. The highest BCUT2D eigenvalue weighted by Crippen LogP contribution is 2.18. The minimum atomic E-state index is -1.15. The number of amides is 1. The highest BCUT2D eigenvalue weighted by Gasteiger charge is 2.19. The molecule has 1 amide bonds. The highest BCUT2D eigenvalue weighted by molar-refractivity contribution is 5.83. The molecule has 0 fully saturated rings. The number of hydrogen-bond acceptors (Lipinski definition) is 4. The van der Waals surface area contributed by atoms with Crippen LogP contribution in [-0.2, 0) is 16.0 Å². The molecule has 1 aromatic rings. The number of hydrogen-bond donors (Lipinski definition) is 3. The molecule has 0 heterocycles. The average Bonchev–Trinajstić information content (AvgIpc) is 2.44. The van der Waals surface area contributed by atoms with E-state index in [4.69, 9.17) is 14.9 Å². The molecule has 0 aromatic heterocycles. The Bertz CT molecular complexity index is 461. The number of para-hydroxylation sites is 1. The van der Waals surface area contributed by atoms with Crippen LogP contribution in [0.5, 0.6) is 5.75 Å². The molecule has 1 aromatic carbocycles. The lowest BCUT2D eigenvalue weighted by molar-refractivity contribution is -0.142. The summed E-state index contributed by atoms with van der Waals surface area (Å²) in [7, 11) is 1.56. The Kier molecular flexibility index (Phi) is 6.52. The van der Waals surface area contributed by atoms with Gasteiger partial charge < -0.3 is 20.3 Å². The Morgan fingerprint density at radius 2 is 2.05 bits per heavy atom. The van der Waals surface area contributed by atoms with Crippen LogP contribution in [0.25, 0.3) is 0 Å². The lowest BCUT2D eigenvalue weighted by Crippen LogP contribution is -2.41. The summed E-state index contributed by atoms with van der Waals surface area (Å²) in [5.41, 5.74) is 0.888. The zero-order chi connectivity index (χ0) is 15.0. The molecular weight excluding hydrogens is 262 g/mol. The summed E-state index contributed by atoms with van der Waals surface area (Å²) in [6.45, 7) is -0.288. The second-order valence-electron chi connectivity index (χ2n) is 4.28. The monoisotopic (exact) mass is 281 g/mol. The van der Waals surface area contributed by atoms with Gasteiger partial charge in [0, 0.05) is 19.4 Å². The van der Waals surface area contributed by atoms with E-state index in [2.05, 4.69) is 5.32 Å². The number of carboxylic acid groups (broad SMARTS) is 1. The second kappa shape index (κ2) is 8.16. The number of methoxy groups -OCH3 is 1. The molecule has 0 aliphatic rings. The topological polar surface area (TPSA) is 95.9 Å². The predicted octanol–water partition coefficient (Wildman–Crippen LogP) is 0.580. The van der Waals surface area contributed by atoms with Gasteiger partial charge in [0.15, 0.2) is 0 Å². The van der Waals surface area contributed by atoms with Gasteiger partial charge in [0.25, 0.3) is 0 Å². The maximum Gasteiger partial charge on any atom is 0.326 e. The van der Waals surface area contributed by atoms with Crippen molar-refractivity contribution in [3.8, 4) is 5.75 Å². The third kappa shape index (κ3) is 4.89. The van der Waals surface area contributed by atoms with Gasteiger partial charge in [0.2, 0.25) is 5.91 Å². The number of aliphatic carboxylic acids is 1. The molecule has 0 saturated carbocycles. The van der Waals surface area contributed by atoms with Crippen LogP contribution in [0.2, 0.25) is 0 Å². The number of carbonyl (C=O) groups excluding carboxylic acids is 1. The maximum atomic E-state index is 11.7. The van der Waals surface area contributed by atoms with Crippen LogP contribution in [0.15, 0.2) is 24.3 Å². The Morgan fingerprint density at radius 3 is 2.65 bits per heavy atom. The number of ether oxygens (including phenoxy) is 1. The van der Waals surface area contributed by atoms with E-state index >= 15 is 0 Å². The van der Waals surface area contributed by atoms with E-state index in [9.17, 15) is 9.59 Å². The molecule has 110 valence electrons. The number of aryl methyl sites for hydroxylation is 1. The summed E-state index contributed by atoms with van der Waals surface area (Å²) in [4.78, 5) is 22.6. The van der Waals surface area contributed by atoms with Gasteiger partial charge in [-0.25, -0.2) is 4.79 Å². The normalized spacial score (nSPS) is 11.7. The van der Waals surface area contributed by atoms with E-state index in [1.807, 2.05) is 18.2 Å². The smallest absolute Gasteiger partial charge is 0.326 e. The lowest BCUT2D eigenvalue weighted by atomic mass is 10.1. The summed E-state index contributed by atoms with van der Waals surface area (Å²) in [6.07, 6.45) is 0.618. The maximum absolute atomic E-state index is 11.7. The first kappa shape index (κ1) is 16.0. The Labute approximate surface area is 117 Å². The molecule has 0 aliphatic heterocycles. The predicted molar refractivity (Wildman–Crippen MR) is 72.6 cm³/mol. The molecule has 3 N–H and O–H groups in total. The average molecular weight is 281 g/mol. The number of carboxylic acids is 1. The molecule has 6 nitrogen and oxygen atoms in total. The first-order valence-electron chi connectivity index (χ1n) is 6.33. The summed E-state index contributed by atoms with van der Waals surface area (Å²) in [5, 5.41) is 20.0. The minimum absolute atomic E-state index is 0.00423. The molecule has 0 radical (unpaired) electrons. The number of benzene rings is 1. The van der Waals surface area contributed by atoms with Gasteiger partial charge in [0.05, 0.1) is 7.11 Å². The number of nitrogens with one attached hydrogen (secondary N) is 1. The van der Waals surface area contributed by atoms with Gasteiger partial charge in [-0.1, -0.05) is 18.2 Å². The minimum Gasteiger partial charge on any atom is -0.496 e. The van der Waals surface area contributed by atoms with E-state index < -0.39 is 12.0 Å². The van der Waals surface area contributed by atoms with Gasteiger partial charge in [-0.15, -0.1) is 0 Å². The Balaban J connectivity index is 2.52. The number of carbonyl (C=O) groups is 2. The van der Waals surface area contributed by atoms with Crippen molar-refractivity contribution < 1.29 is 24.5 Å². The van der Waals surface area contributed by atoms with E-state index in [1.54, 1.807) is 13.2 Å². The van der Waals surface area contributed by atoms with Crippen molar-refractivity contribution in [2.75, 3.05) is 13.7 Å². The van der Waals surface area contributed by atoms with Crippen molar-refractivity contribution in [1.29, 1.82) is 0 Å². The lowest BCUT2D eigenvalue weighted by Gasteiger charge is -2.13. The van der Waals surface area contributed by atoms with Crippen molar-refractivity contribution in [3.05, 3.63) is 29.8 Å². The van der Waals surface area contributed by atoms with Crippen molar-refractivity contribution >= 4 is 11.9 Å². The fraction of sp³-hybridized carbons (Fsp3) is 0.429. The van der Waals surface area contributed by atoms with Crippen LogP contribution < -0.4 is 10.1 Å². The zero-order valence-corrected chi connectivity index (χ0v) is 11.3. The van der Waals surface area contributed by atoms with E-state index in [1.165, 1.54) is 0 Å². The van der Waals surface area contributed by atoms with Gasteiger partial charge in [0.1, 0.15) is 11.8 Å². The van der Waals surface area contributed by atoms with Gasteiger partial charge in [-0.3, -0.25) is 4.79 Å². The molecule has 1 rings (SSSR count). The Morgan fingerprint density at radius 1 is 1.35 bits per heavy atom. The van der Waals surface area contributed by atoms with Crippen LogP contribution >= 0.6 is 0 Å². The number of rotatable bonds is 8. The first-order chi connectivity index (χ1) is 9.58. The third-order valence-corrected chi connectivity index (χ3v) is 2.87. The quantitative estimate of drug-likeness (QED) is 0.648. The zero-order valence-electron chi connectivity index (χ0n) is 11.3. The fourth-order valence-corrected chi connectivity index (χ4v) is 1.81. The molecule has 0 spiro atoms. The fourth-order valence-electron chi connectivity index (χ4n) is 1.81. The van der Waals surface area contributed by atoms with Gasteiger partial charge in [-0.05, 0) is 18.1 Å². The summed E-state index contributed by atoms with van der Waals surface area (Å²) >= 11 is 0. The number of aliphatic hydroxyl groups excluding tert-OH is 1. The van der Waals surface area contributed by atoms with Gasteiger partial charge >= 0.3 is 5.97 Å². The summed E-state index contributed by atoms with van der Waals surface area (Å²) < 4.78 is 5.18. The number of aliphatic hydroxyl groups is 1. The van der Waals surface area contributed by atoms with Gasteiger partial charge in [-0.2, -0.15) is 0 Å². The van der Waals surface area contributed by atoms with Crippen LogP contribution in [0.4, 0.5) is 0 Å². The first-order valence-corrected chi connectivity index (χ1v) is 6.33. The van der Waals surface area contributed by atoms with Crippen LogP contribution in [0.1, 0.15) is 18.4 Å². The van der Waals surface area contributed by atoms with Crippen LogP contribution in [-0.4, -0.2) is 41.8 Å². The summed E-state index contributed by atoms with van der Waals surface area (Å²) in [5.74, 6) is -0.813. The Hall–Kier alpha value is -2.08. The van der Waals surface area contributed by atoms with E-state index in [0.717, 1.165) is 5.56 Å². The van der Waals surface area contributed by atoms with Crippen LogP contribution in [0, 0.1) is 0 Å².